The van der Waals surface area contributed by atoms with Crippen LogP contribution in [0.3, 0.4) is 0 Å². The van der Waals surface area contributed by atoms with Crippen molar-refractivity contribution in [3.63, 3.8) is 0 Å². The summed E-state index contributed by atoms with van der Waals surface area (Å²) in [5, 5.41) is 13.0. The van der Waals surface area contributed by atoms with E-state index in [1.165, 1.54) is 11.8 Å². The van der Waals surface area contributed by atoms with Gasteiger partial charge in [-0.25, -0.2) is 0 Å². The second-order valence-corrected chi connectivity index (χ2v) is 9.22. The van der Waals surface area contributed by atoms with Gasteiger partial charge in [0.25, 0.3) is 0 Å². The van der Waals surface area contributed by atoms with Crippen LogP contribution in [0.5, 0.6) is 0 Å². The third-order valence-corrected chi connectivity index (χ3v) is 6.70. The lowest BCUT2D eigenvalue weighted by Gasteiger charge is -2.34. The Balaban J connectivity index is 1.27. The second-order valence-electron chi connectivity index (χ2n) is 7.84. The first-order valence-electron chi connectivity index (χ1n) is 10.6. The maximum absolute atomic E-state index is 12.7. The Morgan fingerprint density at radius 1 is 1.13 bits per heavy atom. The van der Waals surface area contributed by atoms with Crippen LogP contribution >= 0.6 is 23.4 Å². The van der Waals surface area contributed by atoms with Gasteiger partial charge in [0.05, 0.1) is 12.3 Å². The average molecular weight is 463 g/mol. The molecule has 0 spiro atoms. The monoisotopic (exact) mass is 462 g/mol. The van der Waals surface area contributed by atoms with Crippen molar-refractivity contribution in [3.05, 3.63) is 29.3 Å². The molecule has 1 N–H and O–H groups in total. The van der Waals surface area contributed by atoms with Crippen molar-refractivity contribution in [2.75, 3.05) is 38.5 Å². The molecule has 2 amide bonds. The highest BCUT2D eigenvalue weighted by Crippen LogP contribution is 2.25. The number of nitrogens with zero attached hydrogens (tertiary/aromatic N) is 5. The molecule has 8 nitrogen and oxygen atoms in total. The van der Waals surface area contributed by atoms with Crippen LogP contribution in [0.2, 0.25) is 5.02 Å². The van der Waals surface area contributed by atoms with E-state index in [1.807, 2.05) is 40.7 Å². The summed E-state index contributed by atoms with van der Waals surface area (Å²) in [5.74, 6) is 1.27. The summed E-state index contributed by atoms with van der Waals surface area (Å²) in [6, 6.07) is 7.89. The first kappa shape index (κ1) is 22.1. The van der Waals surface area contributed by atoms with Crippen molar-refractivity contribution in [1.29, 1.82) is 0 Å². The molecule has 2 heterocycles. The van der Waals surface area contributed by atoms with Gasteiger partial charge < -0.3 is 14.8 Å². The van der Waals surface area contributed by atoms with Gasteiger partial charge in [-0.1, -0.05) is 23.4 Å². The highest BCUT2D eigenvalue weighted by atomic mass is 35.5. The lowest BCUT2D eigenvalue weighted by Crippen LogP contribution is -2.51. The number of carbonyl (C=O) groups is 2. The Morgan fingerprint density at radius 2 is 1.84 bits per heavy atom. The molecular formula is C21H27ClN6O2S. The number of amides is 2. The fraction of sp³-hybridized carbons (Fsp3) is 0.524. The topological polar surface area (TPSA) is 83.4 Å². The van der Waals surface area contributed by atoms with Crippen molar-refractivity contribution in [1.82, 2.24) is 29.9 Å². The standard InChI is InChI=1S/C21H27ClN6O2S/c1-2-28-20(15-3-5-16(22)6-4-15)24-25-21(28)31-14-19(30)27-11-9-26(10-12-27)13-18(29)23-17-7-8-17/h3-6,17H,2,7-14H2,1H3,(H,23,29). The zero-order valence-corrected chi connectivity index (χ0v) is 19.2. The minimum Gasteiger partial charge on any atom is -0.352 e. The SMILES string of the molecule is CCn1c(SCC(=O)N2CCN(CC(=O)NC3CC3)CC2)nnc1-c1ccc(Cl)cc1. The van der Waals surface area contributed by atoms with Crippen LogP contribution in [0.4, 0.5) is 0 Å². The number of piperazine rings is 1. The van der Waals surface area contributed by atoms with Crippen molar-refractivity contribution < 1.29 is 9.59 Å². The van der Waals surface area contributed by atoms with Crippen molar-refractivity contribution in [2.24, 2.45) is 0 Å². The summed E-state index contributed by atoms with van der Waals surface area (Å²) in [6.07, 6.45) is 2.19. The molecule has 4 rings (SSSR count). The lowest BCUT2D eigenvalue weighted by atomic mass is 10.2. The molecule has 0 unspecified atom stereocenters. The molecule has 0 atom stereocenters. The highest BCUT2D eigenvalue weighted by Gasteiger charge is 2.26. The quantitative estimate of drug-likeness (QED) is 0.605. The summed E-state index contributed by atoms with van der Waals surface area (Å²) in [6.45, 7) is 5.90. The summed E-state index contributed by atoms with van der Waals surface area (Å²) < 4.78 is 2.01. The third kappa shape index (κ3) is 5.78. The zero-order valence-electron chi connectivity index (χ0n) is 17.6. The molecule has 1 saturated heterocycles. The molecule has 1 aliphatic carbocycles. The van der Waals surface area contributed by atoms with Gasteiger partial charge >= 0.3 is 0 Å². The summed E-state index contributed by atoms with van der Waals surface area (Å²) >= 11 is 7.39. The maximum atomic E-state index is 12.7. The van der Waals surface area contributed by atoms with E-state index < -0.39 is 0 Å². The first-order valence-corrected chi connectivity index (χ1v) is 12.0. The number of hydrogen-bond acceptors (Lipinski definition) is 6. The predicted octanol–water partition coefficient (Wildman–Crippen LogP) is 2.13. The lowest BCUT2D eigenvalue weighted by molar-refractivity contribution is -0.130. The van der Waals surface area contributed by atoms with Gasteiger partial charge in [0.1, 0.15) is 0 Å². The third-order valence-electron chi connectivity index (χ3n) is 5.49. The van der Waals surface area contributed by atoms with Crippen molar-refractivity contribution >= 4 is 35.2 Å². The first-order chi connectivity index (χ1) is 15.0. The molecule has 2 fully saturated rings. The van der Waals surface area contributed by atoms with Crippen LogP contribution in [0, 0.1) is 0 Å². The van der Waals surface area contributed by atoms with Gasteiger partial charge in [-0.05, 0) is 44.0 Å². The Labute approximate surface area is 191 Å². The van der Waals surface area contributed by atoms with Gasteiger partial charge in [-0.15, -0.1) is 10.2 Å². The number of hydrogen-bond donors (Lipinski definition) is 1. The molecule has 1 aromatic carbocycles. The van der Waals surface area contributed by atoms with Crippen LogP contribution in [0.15, 0.2) is 29.4 Å². The smallest absolute Gasteiger partial charge is 0.234 e. The number of carbonyl (C=O) groups excluding carboxylic acids is 2. The van der Waals surface area contributed by atoms with Crippen molar-refractivity contribution in [2.45, 2.75) is 37.5 Å². The molecule has 1 aliphatic heterocycles. The van der Waals surface area contributed by atoms with Crippen LogP contribution in [-0.2, 0) is 16.1 Å². The van der Waals surface area contributed by atoms with Crippen LogP contribution < -0.4 is 5.32 Å². The zero-order chi connectivity index (χ0) is 21.8. The Hall–Kier alpha value is -2.10. The molecule has 0 radical (unpaired) electrons. The van der Waals surface area contributed by atoms with E-state index >= 15 is 0 Å². The highest BCUT2D eigenvalue weighted by molar-refractivity contribution is 7.99. The molecule has 1 aromatic heterocycles. The Morgan fingerprint density at radius 3 is 2.48 bits per heavy atom. The number of aromatic nitrogens is 3. The van der Waals surface area contributed by atoms with Crippen molar-refractivity contribution in [3.8, 4) is 11.4 Å². The molecule has 10 heteroatoms. The van der Waals surface area contributed by atoms with Gasteiger partial charge in [0.2, 0.25) is 11.8 Å². The van der Waals surface area contributed by atoms with E-state index in [2.05, 4.69) is 20.4 Å². The molecule has 31 heavy (non-hydrogen) atoms. The number of benzene rings is 1. The number of nitrogens with one attached hydrogen (secondary N) is 1. The fourth-order valence-corrected chi connectivity index (χ4v) is 4.60. The van der Waals surface area contributed by atoms with E-state index in [1.54, 1.807) is 0 Å². The second kappa shape index (κ2) is 10.0. The van der Waals surface area contributed by atoms with Crippen LogP contribution in [0.1, 0.15) is 19.8 Å². The van der Waals surface area contributed by atoms with E-state index in [0.29, 0.717) is 43.0 Å². The summed E-state index contributed by atoms with van der Waals surface area (Å²) in [7, 11) is 0. The molecular weight excluding hydrogens is 436 g/mol. The predicted molar refractivity (Wildman–Crippen MR) is 121 cm³/mol. The molecule has 1 saturated carbocycles. The fourth-order valence-electron chi connectivity index (χ4n) is 3.57. The van der Waals surface area contributed by atoms with Crippen LogP contribution in [-0.4, -0.2) is 80.9 Å². The average Bonchev–Trinajstić information content (AvgIpc) is 3.49. The number of thioether (sulfide) groups is 1. The number of halogens is 1. The van der Waals surface area contributed by atoms with Gasteiger partial charge in [-0.3, -0.25) is 14.5 Å². The van der Waals surface area contributed by atoms with E-state index in [9.17, 15) is 9.59 Å². The molecule has 166 valence electrons. The summed E-state index contributed by atoms with van der Waals surface area (Å²) in [5.41, 5.74) is 0.943. The minimum atomic E-state index is 0.0887. The van der Waals surface area contributed by atoms with E-state index in [4.69, 9.17) is 11.6 Å². The normalized spacial score (nSPS) is 17.0. The molecule has 0 bridgehead atoms. The Kier molecular flexibility index (Phi) is 7.14. The number of rotatable bonds is 8. The largest absolute Gasteiger partial charge is 0.352 e. The molecule has 2 aromatic rings. The Bertz CT molecular complexity index is 922. The van der Waals surface area contributed by atoms with Gasteiger partial charge in [-0.2, -0.15) is 0 Å². The van der Waals surface area contributed by atoms with Crippen LogP contribution in [0.25, 0.3) is 11.4 Å². The molecule has 2 aliphatic rings. The summed E-state index contributed by atoms with van der Waals surface area (Å²) in [4.78, 5) is 28.6. The maximum Gasteiger partial charge on any atom is 0.234 e. The van der Waals surface area contributed by atoms with Gasteiger partial charge in [0.15, 0.2) is 11.0 Å². The minimum absolute atomic E-state index is 0.0887. The van der Waals surface area contributed by atoms with E-state index in [0.717, 1.165) is 42.5 Å². The van der Waals surface area contributed by atoms with E-state index in [-0.39, 0.29) is 11.8 Å². The van der Waals surface area contributed by atoms with Gasteiger partial charge in [0, 0.05) is 49.4 Å².